The molecule has 0 bridgehead atoms. The molecule has 7 heteroatoms. The topological polar surface area (TPSA) is 70.5 Å². The van der Waals surface area contributed by atoms with Gasteiger partial charge in [-0.05, 0) is 43.0 Å². The minimum absolute atomic E-state index is 0.0194. The average Bonchev–Trinajstić information content (AvgIpc) is 3.61. The number of hydrogen-bond donors (Lipinski definition) is 0. The third-order valence-electron chi connectivity index (χ3n) is 4.77. The molecule has 0 atom stereocenters. The zero-order valence-electron chi connectivity index (χ0n) is 16.5. The highest BCUT2D eigenvalue weighted by Crippen LogP contribution is 2.29. The fourth-order valence-electron chi connectivity index (χ4n) is 2.83. The van der Waals surface area contributed by atoms with E-state index in [2.05, 4.69) is 14.7 Å². The van der Waals surface area contributed by atoms with E-state index in [0.717, 1.165) is 11.6 Å². The van der Waals surface area contributed by atoms with Crippen LogP contribution in [-0.2, 0) is 11.3 Å². The first-order chi connectivity index (χ1) is 14.6. The van der Waals surface area contributed by atoms with Gasteiger partial charge in [0.15, 0.2) is 11.6 Å². The highest BCUT2D eigenvalue weighted by molar-refractivity contribution is 5.89. The third-order valence-corrected chi connectivity index (χ3v) is 4.77. The molecule has 1 aromatic heterocycles. The van der Waals surface area contributed by atoms with Crippen LogP contribution in [0.15, 0.2) is 54.9 Å². The molecule has 1 heterocycles. The summed E-state index contributed by atoms with van der Waals surface area (Å²) in [6, 6.07) is 11.4. The Morgan fingerprint density at radius 2 is 1.87 bits per heavy atom. The van der Waals surface area contributed by atoms with E-state index in [9.17, 15) is 9.18 Å². The number of nitrogens with zero attached hydrogens (tertiary/aromatic N) is 2. The van der Waals surface area contributed by atoms with Crippen molar-refractivity contribution in [3.63, 3.8) is 0 Å². The fraction of sp³-hybridized carbons (Fsp3) is 0.261. The number of halogens is 1. The van der Waals surface area contributed by atoms with Gasteiger partial charge in [-0.25, -0.2) is 19.2 Å². The van der Waals surface area contributed by atoms with E-state index in [1.165, 1.54) is 32.1 Å². The maximum Gasteiger partial charge on any atom is 0.337 e. The molecule has 4 rings (SSSR count). The highest BCUT2D eigenvalue weighted by Gasteiger charge is 2.22. The van der Waals surface area contributed by atoms with Crippen molar-refractivity contribution in [1.29, 1.82) is 0 Å². The second-order valence-corrected chi connectivity index (χ2v) is 7.11. The van der Waals surface area contributed by atoms with Gasteiger partial charge in [0.2, 0.25) is 0 Å². The van der Waals surface area contributed by atoms with Crippen molar-refractivity contribution in [3.8, 4) is 22.9 Å². The number of aromatic nitrogens is 2. The van der Waals surface area contributed by atoms with Gasteiger partial charge >= 0.3 is 5.97 Å². The Balaban J connectivity index is 1.40. The third kappa shape index (κ3) is 4.92. The fourth-order valence-corrected chi connectivity index (χ4v) is 2.83. The van der Waals surface area contributed by atoms with Crippen LogP contribution in [0.1, 0.15) is 28.8 Å². The predicted octanol–water partition coefficient (Wildman–Crippen LogP) is 4.44. The lowest BCUT2D eigenvalue weighted by molar-refractivity contribution is 0.0600. The molecule has 6 nitrogen and oxygen atoms in total. The van der Waals surface area contributed by atoms with Gasteiger partial charge in [-0.1, -0.05) is 18.2 Å². The second-order valence-electron chi connectivity index (χ2n) is 7.11. The molecule has 2 aromatic carbocycles. The maximum absolute atomic E-state index is 14.2. The van der Waals surface area contributed by atoms with Crippen molar-refractivity contribution in [3.05, 3.63) is 71.8 Å². The predicted molar refractivity (Wildman–Crippen MR) is 108 cm³/mol. The van der Waals surface area contributed by atoms with Crippen molar-refractivity contribution >= 4 is 5.97 Å². The van der Waals surface area contributed by atoms with Gasteiger partial charge in [0, 0.05) is 11.1 Å². The molecule has 1 saturated carbocycles. The van der Waals surface area contributed by atoms with Crippen molar-refractivity contribution < 1.29 is 23.4 Å². The van der Waals surface area contributed by atoms with Crippen LogP contribution in [0.4, 0.5) is 4.39 Å². The number of rotatable bonds is 8. The lowest BCUT2D eigenvalue weighted by Crippen LogP contribution is -2.04. The zero-order chi connectivity index (χ0) is 20.9. The van der Waals surface area contributed by atoms with Crippen LogP contribution < -0.4 is 9.47 Å². The molecular formula is C23H21FN2O4. The number of carbonyl (C=O) groups excluding carboxylic acids is 1. The number of esters is 1. The molecule has 30 heavy (non-hydrogen) atoms. The monoisotopic (exact) mass is 408 g/mol. The Bertz CT molecular complexity index is 1040. The number of hydrogen-bond acceptors (Lipinski definition) is 6. The standard InChI is InChI=1S/C23H21FN2O4/c1-28-23(27)17-7-8-18(21(24)10-17)14-30-19-4-2-3-16(9-19)22-25-11-20(12-26-22)29-13-15-5-6-15/h2-4,7-12,15H,5-6,13-14H2,1H3. The van der Waals surface area contributed by atoms with Gasteiger partial charge in [-0.3, -0.25) is 0 Å². The van der Waals surface area contributed by atoms with Crippen molar-refractivity contribution in [2.75, 3.05) is 13.7 Å². The van der Waals surface area contributed by atoms with Gasteiger partial charge in [0.1, 0.15) is 18.2 Å². The Morgan fingerprint density at radius 3 is 2.57 bits per heavy atom. The Kier molecular flexibility index (Phi) is 5.88. The van der Waals surface area contributed by atoms with E-state index in [1.54, 1.807) is 24.5 Å². The summed E-state index contributed by atoms with van der Waals surface area (Å²) in [5.41, 5.74) is 1.27. The number of methoxy groups -OCH3 is 1. The first-order valence-electron chi connectivity index (χ1n) is 9.67. The average molecular weight is 408 g/mol. The van der Waals surface area contributed by atoms with Gasteiger partial charge in [0.25, 0.3) is 0 Å². The van der Waals surface area contributed by atoms with Gasteiger partial charge < -0.3 is 14.2 Å². The van der Waals surface area contributed by atoms with E-state index in [1.807, 2.05) is 12.1 Å². The highest BCUT2D eigenvalue weighted by atomic mass is 19.1. The summed E-state index contributed by atoms with van der Waals surface area (Å²) in [5, 5.41) is 0. The number of carbonyl (C=O) groups is 1. The lowest BCUT2D eigenvalue weighted by atomic mass is 10.1. The molecule has 0 unspecified atom stereocenters. The number of benzene rings is 2. The minimum Gasteiger partial charge on any atom is -0.490 e. The van der Waals surface area contributed by atoms with Crippen molar-refractivity contribution in [1.82, 2.24) is 9.97 Å². The summed E-state index contributed by atoms with van der Waals surface area (Å²) in [6.45, 7) is 0.731. The van der Waals surface area contributed by atoms with E-state index in [4.69, 9.17) is 9.47 Å². The van der Waals surface area contributed by atoms with Crippen LogP contribution in [0.25, 0.3) is 11.4 Å². The second kappa shape index (κ2) is 8.90. The molecule has 0 spiro atoms. The molecule has 3 aromatic rings. The lowest BCUT2D eigenvalue weighted by Gasteiger charge is -2.10. The van der Waals surface area contributed by atoms with Crippen LogP contribution >= 0.6 is 0 Å². The molecule has 0 aliphatic heterocycles. The SMILES string of the molecule is COC(=O)c1ccc(COc2cccc(-c3ncc(OCC4CC4)cn3)c2)c(F)c1. The molecule has 0 saturated heterocycles. The first-order valence-corrected chi connectivity index (χ1v) is 9.67. The Hall–Kier alpha value is -3.48. The summed E-state index contributed by atoms with van der Waals surface area (Å²) in [5.74, 6) is 1.32. The van der Waals surface area contributed by atoms with E-state index in [0.29, 0.717) is 35.4 Å². The Morgan fingerprint density at radius 1 is 1.07 bits per heavy atom. The molecule has 0 N–H and O–H groups in total. The van der Waals surface area contributed by atoms with Crippen LogP contribution in [-0.4, -0.2) is 29.7 Å². The molecule has 0 radical (unpaired) electrons. The molecule has 1 aliphatic carbocycles. The summed E-state index contributed by atoms with van der Waals surface area (Å²) in [4.78, 5) is 20.2. The Labute approximate surface area is 173 Å². The van der Waals surface area contributed by atoms with Crippen molar-refractivity contribution in [2.24, 2.45) is 5.92 Å². The number of ether oxygens (including phenoxy) is 3. The maximum atomic E-state index is 14.2. The van der Waals surface area contributed by atoms with E-state index < -0.39 is 11.8 Å². The van der Waals surface area contributed by atoms with E-state index in [-0.39, 0.29) is 12.2 Å². The minimum atomic E-state index is -0.585. The van der Waals surface area contributed by atoms with Gasteiger partial charge in [0.05, 0.1) is 31.7 Å². The molecular weight excluding hydrogens is 387 g/mol. The summed E-state index contributed by atoms with van der Waals surface area (Å²) in [7, 11) is 1.25. The van der Waals surface area contributed by atoms with Crippen LogP contribution in [0.3, 0.4) is 0 Å². The summed E-state index contributed by atoms with van der Waals surface area (Å²) in [6.07, 6.45) is 5.78. The quantitative estimate of drug-likeness (QED) is 0.514. The molecule has 1 fully saturated rings. The molecule has 0 amide bonds. The van der Waals surface area contributed by atoms with Crippen LogP contribution in [0.5, 0.6) is 11.5 Å². The normalized spacial score (nSPS) is 13.0. The summed E-state index contributed by atoms with van der Waals surface area (Å²) >= 11 is 0. The van der Waals surface area contributed by atoms with Gasteiger partial charge in [-0.15, -0.1) is 0 Å². The smallest absolute Gasteiger partial charge is 0.337 e. The van der Waals surface area contributed by atoms with Crippen LogP contribution in [0.2, 0.25) is 0 Å². The van der Waals surface area contributed by atoms with Crippen LogP contribution in [0, 0.1) is 11.7 Å². The largest absolute Gasteiger partial charge is 0.490 e. The van der Waals surface area contributed by atoms with Crippen molar-refractivity contribution in [2.45, 2.75) is 19.4 Å². The first kappa shape index (κ1) is 19.8. The van der Waals surface area contributed by atoms with Gasteiger partial charge in [-0.2, -0.15) is 0 Å². The molecule has 154 valence electrons. The summed E-state index contributed by atoms with van der Waals surface area (Å²) < 4.78 is 30.2. The molecule has 1 aliphatic rings. The zero-order valence-corrected chi connectivity index (χ0v) is 16.5. The van der Waals surface area contributed by atoms with E-state index >= 15 is 0 Å².